The number of anilines is 2. The van der Waals surface area contributed by atoms with Gasteiger partial charge in [-0.2, -0.15) is 4.98 Å². The highest BCUT2D eigenvalue weighted by atomic mass is 16.5. The second kappa shape index (κ2) is 10.1. The Balaban J connectivity index is 1.04. The molecule has 0 unspecified atom stereocenters. The number of amides is 2. The third-order valence-corrected chi connectivity index (χ3v) is 6.46. The van der Waals surface area contributed by atoms with Gasteiger partial charge < -0.3 is 15.0 Å². The molecule has 0 spiro atoms. The summed E-state index contributed by atoms with van der Waals surface area (Å²) in [5.41, 5.74) is 2.38. The number of nitrogens with zero attached hydrogens (tertiary/aromatic N) is 3. The highest BCUT2D eigenvalue weighted by Gasteiger charge is 2.18. The molecule has 2 aromatic carbocycles. The van der Waals surface area contributed by atoms with Crippen molar-refractivity contribution in [2.24, 2.45) is 0 Å². The van der Waals surface area contributed by atoms with Crippen molar-refractivity contribution in [2.75, 3.05) is 56.1 Å². The molecule has 172 valence electrons. The predicted octanol–water partition coefficient (Wildman–Crippen LogP) is 3.89. The zero-order valence-electron chi connectivity index (χ0n) is 18.9. The number of rotatable bonds is 7. The molecule has 2 aliphatic heterocycles. The first kappa shape index (κ1) is 21.5. The number of piperazine rings is 1. The van der Waals surface area contributed by atoms with E-state index in [0.29, 0.717) is 24.8 Å². The van der Waals surface area contributed by atoms with E-state index in [9.17, 15) is 4.79 Å². The minimum absolute atomic E-state index is 0.209. The summed E-state index contributed by atoms with van der Waals surface area (Å²) in [7, 11) is 0. The summed E-state index contributed by atoms with van der Waals surface area (Å²) in [6.07, 6.45) is 2.85. The SMILES string of the molecule is O=C1NCCc2ccc(OCCCCN3CCN(c4cccc5ccccc45)CC3)nc2N1. The molecule has 1 saturated heterocycles. The van der Waals surface area contributed by atoms with Crippen LogP contribution in [0.25, 0.3) is 10.8 Å². The van der Waals surface area contributed by atoms with Gasteiger partial charge in [-0.3, -0.25) is 10.2 Å². The van der Waals surface area contributed by atoms with Crippen molar-refractivity contribution in [3.8, 4) is 5.88 Å². The highest BCUT2D eigenvalue weighted by molar-refractivity contribution is 5.94. The maximum atomic E-state index is 11.7. The normalized spacial score (nSPS) is 16.6. The van der Waals surface area contributed by atoms with E-state index in [1.54, 1.807) is 0 Å². The lowest BCUT2D eigenvalue weighted by molar-refractivity contribution is 0.237. The van der Waals surface area contributed by atoms with E-state index in [2.05, 4.69) is 67.9 Å². The molecule has 7 heteroatoms. The summed E-state index contributed by atoms with van der Waals surface area (Å²) in [4.78, 5) is 21.2. The van der Waals surface area contributed by atoms with Crippen LogP contribution in [0.5, 0.6) is 5.88 Å². The molecule has 33 heavy (non-hydrogen) atoms. The van der Waals surface area contributed by atoms with Crippen LogP contribution >= 0.6 is 0 Å². The minimum Gasteiger partial charge on any atom is -0.478 e. The van der Waals surface area contributed by atoms with Crippen molar-refractivity contribution >= 4 is 28.3 Å². The third kappa shape index (κ3) is 5.20. The van der Waals surface area contributed by atoms with E-state index in [4.69, 9.17) is 4.74 Å². The van der Waals surface area contributed by atoms with Crippen LogP contribution in [0.15, 0.2) is 54.6 Å². The van der Waals surface area contributed by atoms with Gasteiger partial charge in [0.05, 0.1) is 6.61 Å². The monoisotopic (exact) mass is 445 g/mol. The zero-order valence-corrected chi connectivity index (χ0v) is 18.9. The number of nitrogens with one attached hydrogen (secondary N) is 2. The number of ether oxygens (including phenoxy) is 1. The largest absolute Gasteiger partial charge is 0.478 e. The van der Waals surface area contributed by atoms with Crippen LogP contribution in [-0.4, -0.2) is 61.8 Å². The Kier molecular flexibility index (Phi) is 6.58. The van der Waals surface area contributed by atoms with E-state index in [0.717, 1.165) is 57.5 Å². The number of urea groups is 1. The first-order chi connectivity index (χ1) is 16.3. The maximum absolute atomic E-state index is 11.7. The van der Waals surface area contributed by atoms with E-state index < -0.39 is 0 Å². The van der Waals surface area contributed by atoms with Crippen molar-refractivity contribution in [1.82, 2.24) is 15.2 Å². The predicted molar refractivity (Wildman–Crippen MR) is 132 cm³/mol. The highest BCUT2D eigenvalue weighted by Crippen LogP contribution is 2.27. The molecule has 0 saturated carbocycles. The molecule has 0 aliphatic carbocycles. The van der Waals surface area contributed by atoms with Crippen LogP contribution < -0.4 is 20.3 Å². The summed E-state index contributed by atoms with van der Waals surface area (Å²) in [5.74, 6) is 1.17. The molecular formula is C26H31N5O2. The second-order valence-electron chi connectivity index (χ2n) is 8.67. The number of hydrogen-bond acceptors (Lipinski definition) is 5. The number of pyridine rings is 1. The molecule has 2 amide bonds. The summed E-state index contributed by atoms with van der Waals surface area (Å²) in [5, 5.41) is 8.21. The molecule has 1 aromatic heterocycles. The van der Waals surface area contributed by atoms with Crippen LogP contribution in [0.1, 0.15) is 18.4 Å². The topological polar surface area (TPSA) is 69.7 Å². The average Bonchev–Trinajstić information content (AvgIpc) is 3.04. The lowest BCUT2D eigenvalue weighted by atomic mass is 10.1. The van der Waals surface area contributed by atoms with Crippen molar-refractivity contribution in [3.63, 3.8) is 0 Å². The summed E-state index contributed by atoms with van der Waals surface area (Å²) in [6.45, 7) is 6.64. The Bertz CT molecular complexity index is 1110. The number of benzene rings is 2. The number of aromatic nitrogens is 1. The van der Waals surface area contributed by atoms with Crippen LogP contribution in [0.4, 0.5) is 16.3 Å². The Morgan fingerprint density at radius 2 is 1.79 bits per heavy atom. The van der Waals surface area contributed by atoms with Gasteiger partial charge in [0.1, 0.15) is 5.82 Å². The van der Waals surface area contributed by atoms with Crippen LogP contribution in [0, 0.1) is 0 Å². The smallest absolute Gasteiger partial charge is 0.320 e. The number of unbranched alkanes of at least 4 members (excludes halogenated alkanes) is 1. The lowest BCUT2D eigenvalue weighted by Gasteiger charge is -2.36. The first-order valence-electron chi connectivity index (χ1n) is 11.9. The summed E-state index contributed by atoms with van der Waals surface area (Å²) in [6, 6.07) is 18.9. The van der Waals surface area contributed by atoms with Crippen LogP contribution in [-0.2, 0) is 6.42 Å². The molecule has 0 bridgehead atoms. The van der Waals surface area contributed by atoms with Crippen molar-refractivity contribution < 1.29 is 9.53 Å². The molecule has 1 fully saturated rings. The summed E-state index contributed by atoms with van der Waals surface area (Å²) >= 11 is 0. The van der Waals surface area contributed by atoms with Gasteiger partial charge in [0.2, 0.25) is 5.88 Å². The van der Waals surface area contributed by atoms with Crippen molar-refractivity contribution in [2.45, 2.75) is 19.3 Å². The molecule has 3 heterocycles. The van der Waals surface area contributed by atoms with Gasteiger partial charge in [-0.1, -0.05) is 36.4 Å². The maximum Gasteiger partial charge on any atom is 0.320 e. The van der Waals surface area contributed by atoms with Crippen LogP contribution in [0.2, 0.25) is 0 Å². The average molecular weight is 446 g/mol. The fraction of sp³-hybridized carbons (Fsp3) is 0.385. The van der Waals surface area contributed by atoms with Gasteiger partial charge >= 0.3 is 6.03 Å². The zero-order chi connectivity index (χ0) is 22.5. The van der Waals surface area contributed by atoms with Gasteiger partial charge in [-0.05, 0) is 48.9 Å². The lowest BCUT2D eigenvalue weighted by Crippen LogP contribution is -2.46. The standard InChI is InChI=1S/C26H31N5O2/c32-26-27-13-12-21-10-11-24(28-25(21)29-26)33-19-4-3-14-30-15-17-31(18-16-30)23-9-5-7-20-6-1-2-8-22(20)23/h1-2,5-11H,3-4,12-19H2,(H2,27,28,29,32). The van der Waals surface area contributed by atoms with Crippen molar-refractivity contribution in [3.05, 3.63) is 60.2 Å². The van der Waals surface area contributed by atoms with Gasteiger partial charge in [-0.25, -0.2) is 4.79 Å². The van der Waals surface area contributed by atoms with Gasteiger partial charge in [0.15, 0.2) is 0 Å². The molecule has 5 rings (SSSR count). The number of carbonyl (C=O) groups is 1. The third-order valence-electron chi connectivity index (χ3n) is 6.46. The van der Waals surface area contributed by atoms with Gasteiger partial charge in [-0.15, -0.1) is 0 Å². The Hall–Kier alpha value is -3.32. The second-order valence-corrected chi connectivity index (χ2v) is 8.67. The van der Waals surface area contributed by atoms with Crippen molar-refractivity contribution in [1.29, 1.82) is 0 Å². The quantitative estimate of drug-likeness (QED) is 0.540. The number of fused-ring (bicyclic) bond motifs is 2. The molecule has 0 atom stereocenters. The summed E-state index contributed by atoms with van der Waals surface area (Å²) < 4.78 is 5.84. The fourth-order valence-electron chi connectivity index (χ4n) is 4.63. The fourth-order valence-corrected chi connectivity index (χ4v) is 4.63. The molecule has 7 nitrogen and oxygen atoms in total. The van der Waals surface area contributed by atoms with E-state index >= 15 is 0 Å². The first-order valence-corrected chi connectivity index (χ1v) is 11.9. The molecular weight excluding hydrogens is 414 g/mol. The number of hydrogen-bond donors (Lipinski definition) is 2. The number of carbonyl (C=O) groups excluding carboxylic acids is 1. The molecule has 2 aliphatic rings. The molecule has 3 aromatic rings. The van der Waals surface area contributed by atoms with E-state index in [1.165, 1.54) is 16.5 Å². The van der Waals surface area contributed by atoms with E-state index in [1.807, 2.05) is 12.1 Å². The molecule has 2 N–H and O–H groups in total. The van der Waals surface area contributed by atoms with Gasteiger partial charge in [0.25, 0.3) is 0 Å². The minimum atomic E-state index is -0.209. The van der Waals surface area contributed by atoms with E-state index in [-0.39, 0.29) is 6.03 Å². The van der Waals surface area contributed by atoms with Gasteiger partial charge in [0, 0.05) is 49.9 Å². The Labute approximate surface area is 194 Å². The van der Waals surface area contributed by atoms with Crippen LogP contribution in [0.3, 0.4) is 0 Å². The Morgan fingerprint density at radius 3 is 2.70 bits per heavy atom. The Morgan fingerprint density at radius 1 is 0.939 bits per heavy atom. The molecule has 0 radical (unpaired) electrons.